The highest BCUT2D eigenvalue weighted by Gasteiger charge is 2.23. The second-order valence-corrected chi connectivity index (χ2v) is 7.24. The summed E-state index contributed by atoms with van der Waals surface area (Å²) in [6.45, 7) is 7.71. The van der Waals surface area contributed by atoms with Gasteiger partial charge >= 0.3 is 0 Å². The highest BCUT2D eigenvalue weighted by atomic mass is 16.3. The predicted molar refractivity (Wildman–Crippen MR) is 104 cm³/mol. The Morgan fingerprint density at radius 2 is 1.85 bits per heavy atom. The van der Waals surface area contributed by atoms with Crippen LogP contribution in [0.1, 0.15) is 44.8 Å². The first-order chi connectivity index (χ1) is 12.7. The highest BCUT2D eigenvalue weighted by molar-refractivity contribution is 5.34. The average molecular weight is 354 g/mol. The SMILES string of the molecule is CC/C=C(\C)CN1CCC(Cc2nnc(CO)n2-c2ccccc2)CC1. The molecule has 0 amide bonds. The van der Waals surface area contributed by atoms with Crippen molar-refractivity contribution in [3.8, 4) is 5.69 Å². The van der Waals surface area contributed by atoms with Crippen LogP contribution in [0.25, 0.3) is 5.69 Å². The first-order valence-electron chi connectivity index (χ1n) is 9.68. The fourth-order valence-corrected chi connectivity index (χ4v) is 3.84. The van der Waals surface area contributed by atoms with Crippen LogP contribution in [0.4, 0.5) is 0 Å². The summed E-state index contributed by atoms with van der Waals surface area (Å²) in [6.07, 6.45) is 6.74. The van der Waals surface area contributed by atoms with E-state index in [0.29, 0.717) is 11.7 Å². The second kappa shape index (κ2) is 9.10. The van der Waals surface area contributed by atoms with Gasteiger partial charge in [0.1, 0.15) is 12.4 Å². The molecule has 0 radical (unpaired) electrons. The van der Waals surface area contributed by atoms with Gasteiger partial charge in [-0.2, -0.15) is 0 Å². The number of hydrogen-bond acceptors (Lipinski definition) is 4. The lowest BCUT2D eigenvalue weighted by atomic mass is 9.93. The lowest BCUT2D eigenvalue weighted by Gasteiger charge is -2.32. The summed E-state index contributed by atoms with van der Waals surface area (Å²) >= 11 is 0. The van der Waals surface area contributed by atoms with Gasteiger partial charge in [0.2, 0.25) is 0 Å². The maximum atomic E-state index is 9.63. The van der Waals surface area contributed by atoms with Crippen LogP contribution >= 0.6 is 0 Å². The quantitative estimate of drug-likeness (QED) is 0.775. The van der Waals surface area contributed by atoms with Gasteiger partial charge in [0.25, 0.3) is 0 Å². The Kier molecular flexibility index (Phi) is 6.58. The Labute approximate surface area is 156 Å². The molecule has 1 aromatic carbocycles. The molecule has 0 saturated carbocycles. The molecule has 0 aliphatic carbocycles. The van der Waals surface area contributed by atoms with Crippen LogP contribution in [-0.2, 0) is 13.0 Å². The van der Waals surface area contributed by atoms with Crippen molar-refractivity contribution in [3.05, 3.63) is 53.6 Å². The number of aliphatic hydroxyl groups excluding tert-OH is 1. The normalized spacial score (nSPS) is 17.0. The standard InChI is InChI=1S/C21H30N4O/c1-3-7-17(2)15-24-12-10-18(11-13-24)14-20-22-23-21(16-26)25(20)19-8-5-4-6-9-19/h4-9,18,26H,3,10-16H2,1-2H3/b17-7+. The van der Waals surface area contributed by atoms with Gasteiger partial charge < -0.3 is 5.11 Å². The van der Waals surface area contributed by atoms with Crippen molar-refractivity contribution in [1.29, 1.82) is 0 Å². The maximum Gasteiger partial charge on any atom is 0.163 e. The van der Waals surface area contributed by atoms with E-state index in [1.807, 2.05) is 34.9 Å². The predicted octanol–water partition coefficient (Wildman–Crippen LogP) is 3.37. The number of nitrogens with zero attached hydrogens (tertiary/aromatic N) is 4. The number of rotatable bonds is 7. The fourth-order valence-electron chi connectivity index (χ4n) is 3.84. The summed E-state index contributed by atoms with van der Waals surface area (Å²) in [7, 11) is 0. The molecule has 0 unspecified atom stereocenters. The number of allylic oxidation sites excluding steroid dienone is 1. The Bertz CT molecular complexity index is 715. The van der Waals surface area contributed by atoms with Gasteiger partial charge in [-0.25, -0.2) is 0 Å². The number of aliphatic hydroxyl groups is 1. The molecule has 0 spiro atoms. The third-order valence-corrected chi connectivity index (χ3v) is 5.16. The molecule has 1 saturated heterocycles. The minimum Gasteiger partial charge on any atom is -0.388 e. The third-order valence-electron chi connectivity index (χ3n) is 5.16. The summed E-state index contributed by atoms with van der Waals surface area (Å²) in [5.74, 6) is 2.20. The topological polar surface area (TPSA) is 54.2 Å². The molecule has 5 heteroatoms. The lowest BCUT2D eigenvalue weighted by molar-refractivity contribution is 0.195. The minimum absolute atomic E-state index is 0.0939. The van der Waals surface area contributed by atoms with E-state index in [0.717, 1.165) is 44.0 Å². The van der Waals surface area contributed by atoms with Crippen molar-refractivity contribution < 1.29 is 5.11 Å². The second-order valence-electron chi connectivity index (χ2n) is 7.24. The third kappa shape index (κ3) is 4.59. The summed E-state index contributed by atoms with van der Waals surface area (Å²) < 4.78 is 2.01. The highest BCUT2D eigenvalue weighted by Crippen LogP contribution is 2.23. The molecule has 1 fully saturated rings. The largest absolute Gasteiger partial charge is 0.388 e. The fraction of sp³-hybridized carbons (Fsp3) is 0.524. The van der Waals surface area contributed by atoms with Gasteiger partial charge in [-0.15, -0.1) is 10.2 Å². The Hall–Kier alpha value is -1.98. The molecule has 2 heterocycles. The molecule has 26 heavy (non-hydrogen) atoms. The van der Waals surface area contributed by atoms with Crippen molar-refractivity contribution >= 4 is 0 Å². The molecule has 5 nitrogen and oxygen atoms in total. The van der Waals surface area contributed by atoms with Gasteiger partial charge in [-0.05, 0) is 57.3 Å². The van der Waals surface area contributed by atoms with E-state index < -0.39 is 0 Å². The minimum atomic E-state index is -0.0939. The van der Waals surface area contributed by atoms with Crippen LogP contribution in [0.3, 0.4) is 0 Å². The molecule has 1 aromatic heterocycles. The molecule has 3 rings (SSSR count). The van der Waals surface area contributed by atoms with Crippen LogP contribution in [-0.4, -0.2) is 44.4 Å². The zero-order chi connectivity index (χ0) is 18.4. The number of piperidine rings is 1. The van der Waals surface area contributed by atoms with E-state index in [2.05, 4.69) is 35.0 Å². The summed E-state index contributed by atoms with van der Waals surface area (Å²) in [5, 5.41) is 18.2. The molecule has 0 atom stereocenters. The maximum absolute atomic E-state index is 9.63. The average Bonchev–Trinajstić information content (AvgIpc) is 3.07. The zero-order valence-corrected chi connectivity index (χ0v) is 15.9. The van der Waals surface area contributed by atoms with Crippen LogP contribution in [0.5, 0.6) is 0 Å². The van der Waals surface area contributed by atoms with Crippen molar-refractivity contribution in [2.24, 2.45) is 5.92 Å². The Balaban J connectivity index is 1.64. The molecule has 140 valence electrons. The van der Waals surface area contributed by atoms with E-state index >= 15 is 0 Å². The summed E-state index contributed by atoms with van der Waals surface area (Å²) in [5.41, 5.74) is 2.50. The number of likely N-dealkylation sites (tertiary alicyclic amines) is 1. The van der Waals surface area contributed by atoms with E-state index in [1.54, 1.807) is 0 Å². The number of para-hydroxylation sites is 1. The zero-order valence-electron chi connectivity index (χ0n) is 15.9. The molecule has 1 aliphatic heterocycles. The lowest BCUT2D eigenvalue weighted by Crippen LogP contribution is -2.35. The first-order valence-corrected chi connectivity index (χ1v) is 9.68. The molecular weight excluding hydrogens is 324 g/mol. The van der Waals surface area contributed by atoms with Crippen LogP contribution in [0.2, 0.25) is 0 Å². The molecule has 1 N–H and O–H groups in total. The number of aromatic nitrogens is 3. The molecule has 2 aromatic rings. The monoisotopic (exact) mass is 354 g/mol. The van der Waals surface area contributed by atoms with Crippen LogP contribution in [0.15, 0.2) is 42.0 Å². The van der Waals surface area contributed by atoms with Crippen molar-refractivity contribution in [2.75, 3.05) is 19.6 Å². The smallest absolute Gasteiger partial charge is 0.163 e. The van der Waals surface area contributed by atoms with Crippen LogP contribution in [0, 0.1) is 5.92 Å². The van der Waals surface area contributed by atoms with E-state index in [-0.39, 0.29) is 6.61 Å². The van der Waals surface area contributed by atoms with Crippen molar-refractivity contribution in [3.63, 3.8) is 0 Å². The van der Waals surface area contributed by atoms with Gasteiger partial charge in [0, 0.05) is 18.7 Å². The van der Waals surface area contributed by atoms with Crippen LogP contribution < -0.4 is 0 Å². The molecular formula is C21H30N4O. The molecule has 1 aliphatic rings. The summed E-state index contributed by atoms with van der Waals surface area (Å²) in [4.78, 5) is 2.55. The number of benzene rings is 1. The number of hydrogen-bond donors (Lipinski definition) is 1. The molecule has 0 bridgehead atoms. The van der Waals surface area contributed by atoms with Gasteiger partial charge in [0.15, 0.2) is 5.82 Å². The van der Waals surface area contributed by atoms with E-state index in [1.165, 1.54) is 18.4 Å². The van der Waals surface area contributed by atoms with E-state index in [9.17, 15) is 5.11 Å². The van der Waals surface area contributed by atoms with Crippen molar-refractivity contribution in [2.45, 2.75) is 46.1 Å². The van der Waals surface area contributed by atoms with Gasteiger partial charge in [-0.3, -0.25) is 9.47 Å². The van der Waals surface area contributed by atoms with Gasteiger partial charge in [0.05, 0.1) is 0 Å². The summed E-state index contributed by atoms with van der Waals surface area (Å²) in [6, 6.07) is 10.1. The Morgan fingerprint density at radius 3 is 2.50 bits per heavy atom. The first kappa shape index (κ1) is 18.8. The van der Waals surface area contributed by atoms with Crippen molar-refractivity contribution in [1.82, 2.24) is 19.7 Å². The van der Waals surface area contributed by atoms with Gasteiger partial charge in [-0.1, -0.05) is 36.8 Å². The Morgan fingerprint density at radius 1 is 1.15 bits per heavy atom. The van der Waals surface area contributed by atoms with E-state index in [4.69, 9.17) is 0 Å².